The molecule has 5 heteroatoms. The largest absolute Gasteiger partial charge is 0.352 e. The number of rotatable bonds is 5. The number of nitrogens with one attached hydrogen (secondary N) is 1. The molecular formula is C21H22FN3O. The van der Waals surface area contributed by atoms with Crippen LogP contribution in [0, 0.1) is 11.7 Å². The number of aryl methyl sites for hydroxylation is 1. The van der Waals surface area contributed by atoms with Gasteiger partial charge in [0, 0.05) is 25.4 Å². The monoisotopic (exact) mass is 351 g/mol. The first kappa shape index (κ1) is 17.9. The van der Waals surface area contributed by atoms with Crippen LogP contribution >= 0.6 is 0 Å². The molecule has 0 bridgehead atoms. The maximum absolute atomic E-state index is 13.3. The Morgan fingerprint density at radius 2 is 1.77 bits per heavy atom. The summed E-state index contributed by atoms with van der Waals surface area (Å²) in [6.07, 6.45) is 3.62. The summed E-state index contributed by atoms with van der Waals surface area (Å²) in [7, 11) is 1.84. The number of hydrogen-bond acceptors (Lipinski definition) is 2. The zero-order valence-electron chi connectivity index (χ0n) is 15.2. The maximum Gasteiger partial charge on any atom is 0.252 e. The minimum Gasteiger partial charge on any atom is -0.352 e. The number of benzene rings is 2. The van der Waals surface area contributed by atoms with E-state index >= 15 is 0 Å². The summed E-state index contributed by atoms with van der Waals surface area (Å²) in [5, 5.41) is 7.21. The highest BCUT2D eigenvalue weighted by Crippen LogP contribution is 2.32. The molecule has 0 aliphatic carbocycles. The first-order valence-corrected chi connectivity index (χ1v) is 8.62. The van der Waals surface area contributed by atoms with Crippen LogP contribution in [-0.4, -0.2) is 22.2 Å². The van der Waals surface area contributed by atoms with Gasteiger partial charge in [-0.25, -0.2) is 4.39 Å². The molecule has 1 amide bonds. The summed E-state index contributed by atoms with van der Waals surface area (Å²) in [6.45, 7) is 4.69. The fourth-order valence-corrected chi connectivity index (χ4v) is 2.85. The average molecular weight is 351 g/mol. The summed E-state index contributed by atoms with van der Waals surface area (Å²) in [5.74, 6) is -0.0979. The highest BCUT2D eigenvalue weighted by molar-refractivity contribution is 6.06. The van der Waals surface area contributed by atoms with Crippen molar-refractivity contribution in [3.05, 3.63) is 66.2 Å². The lowest BCUT2D eigenvalue weighted by molar-refractivity contribution is 0.0950. The second kappa shape index (κ2) is 7.52. The lowest BCUT2D eigenvalue weighted by atomic mass is 9.92. The molecule has 1 heterocycles. The smallest absolute Gasteiger partial charge is 0.252 e. The highest BCUT2D eigenvalue weighted by atomic mass is 19.1. The predicted molar refractivity (Wildman–Crippen MR) is 101 cm³/mol. The van der Waals surface area contributed by atoms with Crippen LogP contribution < -0.4 is 5.32 Å². The van der Waals surface area contributed by atoms with E-state index in [0.29, 0.717) is 18.0 Å². The van der Waals surface area contributed by atoms with Crippen LogP contribution in [0.1, 0.15) is 24.2 Å². The molecule has 0 radical (unpaired) electrons. The van der Waals surface area contributed by atoms with Crippen LogP contribution in [0.15, 0.2) is 54.9 Å². The van der Waals surface area contributed by atoms with Crippen molar-refractivity contribution < 1.29 is 9.18 Å². The van der Waals surface area contributed by atoms with E-state index in [4.69, 9.17) is 0 Å². The Balaban J connectivity index is 2.14. The standard InChI is InChI=1S/C21H22FN3O/c1-14(2)11-23-21(26)20-18(15-7-9-17(22)10-8-15)5-4-6-19(20)16-12-24-25(3)13-16/h4-10,12-14H,11H2,1-3H3,(H,23,26). The van der Waals surface area contributed by atoms with Gasteiger partial charge in [0.2, 0.25) is 0 Å². The van der Waals surface area contributed by atoms with E-state index < -0.39 is 0 Å². The van der Waals surface area contributed by atoms with Crippen molar-refractivity contribution >= 4 is 5.91 Å². The Labute approximate surface area is 152 Å². The van der Waals surface area contributed by atoms with Crippen molar-refractivity contribution in [3.63, 3.8) is 0 Å². The Hall–Kier alpha value is -2.95. The maximum atomic E-state index is 13.3. The van der Waals surface area contributed by atoms with E-state index in [2.05, 4.69) is 10.4 Å². The predicted octanol–water partition coefficient (Wildman–Crippen LogP) is 4.28. The number of halogens is 1. The summed E-state index contributed by atoms with van der Waals surface area (Å²) in [6, 6.07) is 11.9. The van der Waals surface area contributed by atoms with Crippen molar-refractivity contribution in [1.82, 2.24) is 15.1 Å². The van der Waals surface area contributed by atoms with Crippen molar-refractivity contribution in [2.24, 2.45) is 13.0 Å². The zero-order chi connectivity index (χ0) is 18.7. The van der Waals surface area contributed by atoms with E-state index in [0.717, 1.165) is 22.3 Å². The molecule has 0 fully saturated rings. The van der Waals surface area contributed by atoms with E-state index in [1.54, 1.807) is 23.0 Å². The molecule has 1 aromatic heterocycles. The van der Waals surface area contributed by atoms with E-state index in [1.807, 2.05) is 45.3 Å². The molecule has 0 aliphatic rings. The third-order valence-electron chi connectivity index (χ3n) is 4.13. The zero-order valence-corrected chi connectivity index (χ0v) is 15.2. The normalized spacial score (nSPS) is 11.0. The molecule has 0 atom stereocenters. The molecule has 0 aliphatic heterocycles. The van der Waals surface area contributed by atoms with Crippen LogP contribution in [0.2, 0.25) is 0 Å². The molecule has 1 N–H and O–H groups in total. The van der Waals surface area contributed by atoms with Gasteiger partial charge in [-0.2, -0.15) is 5.10 Å². The van der Waals surface area contributed by atoms with Crippen molar-refractivity contribution in [1.29, 1.82) is 0 Å². The molecule has 0 spiro atoms. The number of carbonyl (C=O) groups excluding carboxylic acids is 1. The second-order valence-electron chi connectivity index (χ2n) is 6.74. The average Bonchev–Trinajstić information content (AvgIpc) is 3.06. The minimum absolute atomic E-state index is 0.141. The quantitative estimate of drug-likeness (QED) is 0.746. The number of carbonyl (C=O) groups is 1. The van der Waals surface area contributed by atoms with Crippen LogP contribution in [0.25, 0.3) is 22.3 Å². The van der Waals surface area contributed by atoms with E-state index in [1.165, 1.54) is 12.1 Å². The molecular weight excluding hydrogens is 329 g/mol. The number of amides is 1. The van der Waals surface area contributed by atoms with Gasteiger partial charge in [-0.05, 0) is 34.7 Å². The molecule has 3 aromatic rings. The van der Waals surface area contributed by atoms with Gasteiger partial charge in [0.1, 0.15) is 5.82 Å². The fraction of sp³-hybridized carbons (Fsp3) is 0.238. The molecule has 2 aromatic carbocycles. The molecule has 4 nitrogen and oxygen atoms in total. The number of hydrogen-bond donors (Lipinski definition) is 1. The van der Waals surface area contributed by atoms with Crippen LogP contribution in [0.4, 0.5) is 4.39 Å². The third kappa shape index (κ3) is 3.82. The SMILES string of the molecule is CC(C)CNC(=O)c1c(-c2ccc(F)cc2)cccc1-c1cnn(C)c1. The Kier molecular flexibility index (Phi) is 5.16. The van der Waals surface area contributed by atoms with Gasteiger partial charge >= 0.3 is 0 Å². The molecule has 3 rings (SSSR count). The third-order valence-corrected chi connectivity index (χ3v) is 4.13. The fourth-order valence-electron chi connectivity index (χ4n) is 2.85. The van der Waals surface area contributed by atoms with Crippen molar-refractivity contribution in [3.8, 4) is 22.3 Å². The topological polar surface area (TPSA) is 46.9 Å². The van der Waals surface area contributed by atoms with Gasteiger partial charge in [0.15, 0.2) is 0 Å². The Morgan fingerprint density at radius 1 is 1.12 bits per heavy atom. The van der Waals surface area contributed by atoms with Gasteiger partial charge < -0.3 is 5.32 Å². The van der Waals surface area contributed by atoms with E-state index in [-0.39, 0.29) is 11.7 Å². The lowest BCUT2D eigenvalue weighted by Crippen LogP contribution is -2.28. The number of nitrogens with zero attached hydrogens (tertiary/aromatic N) is 2. The first-order valence-electron chi connectivity index (χ1n) is 8.62. The van der Waals surface area contributed by atoms with Gasteiger partial charge in [-0.3, -0.25) is 9.48 Å². The van der Waals surface area contributed by atoms with Crippen LogP contribution in [-0.2, 0) is 7.05 Å². The number of aromatic nitrogens is 2. The van der Waals surface area contributed by atoms with Gasteiger partial charge in [-0.15, -0.1) is 0 Å². The van der Waals surface area contributed by atoms with Crippen molar-refractivity contribution in [2.45, 2.75) is 13.8 Å². The summed E-state index contributed by atoms with van der Waals surface area (Å²) < 4.78 is 15.0. The molecule has 0 saturated heterocycles. The van der Waals surface area contributed by atoms with Gasteiger partial charge in [-0.1, -0.05) is 44.2 Å². The van der Waals surface area contributed by atoms with E-state index in [9.17, 15) is 9.18 Å². The lowest BCUT2D eigenvalue weighted by Gasteiger charge is -2.15. The van der Waals surface area contributed by atoms with Crippen LogP contribution in [0.5, 0.6) is 0 Å². The van der Waals surface area contributed by atoms with Crippen LogP contribution in [0.3, 0.4) is 0 Å². The Morgan fingerprint density at radius 3 is 2.35 bits per heavy atom. The summed E-state index contributed by atoms with van der Waals surface area (Å²) in [4.78, 5) is 13.0. The molecule has 26 heavy (non-hydrogen) atoms. The van der Waals surface area contributed by atoms with Crippen molar-refractivity contribution in [2.75, 3.05) is 6.54 Å². The Bertz CT molecular complexity index is 913. The minimum atomic E-state index is -0.303. The van der Waals surface area contributed by atoms with Gasteiger partial charge in [0.05, 0.1) is 11.8 Å². The van der Waals surface area contributed by atoms with Gasteiger partial charge in [0.25, 0.3) is 5.91 Å². The highest BCUT2D eigenvalue weighted by Gasteiger charge is 2.19. The molecule has 0 unspecified atom stereocenters. The first-order chi connectivity index (χ1) is 12.5. The summed E-state index contributed by atoms with van der Waals surface area (Å²) in [5.41, 5.74) is 3.82. The molecule has 0 saturated carbocycles. The summed E-state index contributed by atoms with van der Waals surface area (Å²) >= 11 is 0. The second-order valence-corrected chi connectivity index (χ2v) is 6.74. The molecule has 134 valence electrons.